The number of nitrogens with zero attached hydrogens (tertiary/aromatic N) is 4. The third-order valence-electron chi connectivity index (χ3n) is 5.17. The Bertz CT molecular complexity index is 1500. The zero-order chi connectivity index (χ0) is 23.7. The Morgan fingerprint density at radius 1 is 1.18 bits per heavy atom. The number of carbonyl (C=O) groups excluding carboxylic acids is 1. The lowest BCUT2D eigenvalue weighted by molar-refractivity contribution is -0.116. The van der Waals surface area contributed by atoms with E-state index in [1.165, 1.54) is 24.9 Å². The van der Waals surface area contributed by atoms with Crippen molar-refractivity contribution in [2.75, 3.05) is 12.4 Å². The highest BCUT2D eigenvalue weighted by Gasteiger charge is 2.17. The number of fused-ring (bicyclic) bond motifs is 1. The fraction of sp³-hybridized carbons (Fsp3) is 0.174. The maximum absolute atomic E-state index is 13.0. The van der Waals surface area contributed by atoms with Gasteiger partial charge in [-0.25, -0.2) is 14.8 Å². The summed E-state index contributed by atoms with van der Waals surface area (Å²) in [7, 11) is 2.94. The van der Waals surface area contributed by atoms with Crippen LogP contribution in [0.2, 0.25) is 5.02 Å². The van der Waals surface area contributed by atoms with Crippen LogP contribution in [0, 0.1) is 6.92 Å². The highest BCUT2D eigenvalue weighted by atomic mass is 35.5. The van der Waals surface area contributed by atoms with E-state index in [0.717, 1.165) is 15.7 Å². The van der Waals surface area contributed by atoms with Gasteiger partial charge >= 0.3 is 5.69 Å². The monoisotopic (exact) mass is 465 g/mol. The van der Waals surface area contributed by atoms with E-state index in [1.807, 2.05) is 30.3 Å². The Morgan fingerprint density at radius 3 is 2.61 bits per heavy atom. The van der Waals surface area contributed by atoms with Crippen molar-refractivity contribution in [3.8, 4) is 17.1 Å². The first-order chi connectivity index (χ1) is 15.8. The Kier molecular flexibility index (Phi) is 5.97. The molecule has 2 heterocycles. The molecule has 1 amide bonds. The summed E-state index contributed by atoms with van der Waals surface area (Å²) in [5.41, 5.74) is 0.735. The van der Waals surface area contributed by atoms with Crippen molar-refractivity contribution >= 4 is 34.2 Å². The molecule has 0 aliphatic heterocycles. The van der Waals surface area contributed by atoms with Gasteiger partial charge in [-0.15, -0.1) is 0 Å². The Morgan fingerprint density at radius 2 is 1.91 bits per heavy atom. The highest BCUT2D eigenvalue weighted by Crippen LogP contribution is 2.30. The Hall–Kier alpha value is -3.98. The van der Waals surface area contributed by atoms with Gasteiger partial charge in [0.25, 0.3) is 5.56 Å². The summed E-state index contributed by atoms with van der Waals surface area (Å²) in [6.45, 7) is 1.29. The van der Waals surface area contributed by atoms with Gasteiger partial charge in [0.1, 0.15) is 17.7 Å². The van der Waals surface area contributed by atoms with Crippen molar-refractivity contribution in [3.05, 3.63) is 80.1 Å². The number of benzene rings is 2. The molecule has 4 rings (SSSR count). The van der Waals surface area contributed by atoms with Crippen molar-refractivity contribution in [2.45, 2.75) is 13.5 Å². The molecule has 2 aromatic heterocycles. The molecule has 2 aromatic carbocycles. The minimum Gasteiger partial charge on any atom is -0.495 e. The lowest BCUT2D eigenvalue weighted by Gasteiger charge is -2.14. The van der Waals surface area contributed by atoms with Crippen LogP contribution < -0.4 is 21.3 Å². The van der Waals surface area contributed by atoms with E-state index in [4.69, 9.17) is 16.3 Å². The van der Waals surface area contributed by atoms with Gasteiger partial charge < -0.3 is 10.1 Å². The first-order valence-corrected chi connectivity index (χ1v) is 10.3. The van der Waals surface area contributed by atoms with Crippen molar-refractivity contribution in [2.24, 2.45) is 7.05 Å². The van der Waals surface area contributed by atoms with Gasteiger partial charge in [-0.3, -0.25) is 18.7 Å². The lowest BCUT2D eigenvalue weighted by Crippen LogP contribution is -2.42. The predicted molar refractivity (Wildman–Crippen MR) is 126 cm³/mol. The summed E-state index contributed by atoms with van der Waals surface area (Å²) in [5, 5.41) is 3.28. The lowest BCUT2D eigenvalue weighted by atomic mass is 10.2. The van der Waals surface area contributed by atoms with Gasteiger partial charge in [-0.2, -0.15) is 0 Å². The molecule has 0 aliphatic carbocycles. The van der Waals surface area contributed by atoms with E-state index in [9.17, 15) is 14.4 Å². The molecule has 0 atom stereocenters. The maximum atomic E-state index is 13.0. The zero-order valence-corrected chi connectivity index (χ0v) is 18.9. The molecular formula is C23H20ClN5O4. The first kappa shape index (κ1) is 22.2. The number of anilines is 1. The van der Waals surface area contributed by atoms with Crippen molar-refractivity contribution in [3.63, 3.8) is 0 Å². The highest BCUT2D eigenvalue weighted by molar-refractivity contribution is 6.31. The van der Waals surface area contributed by atoms with Crippen molar-refractivity contribution < 1.29 is 9.53 Å². The molecule has 10 heteroatoms. The number of aryl methyl sites for hydroxylation is 2. The second-order valence-electron chi connectivity index (χ2n) is 7.38. The SMILES string of the molecule is COc1cc(Cl)c(C)cc1NC(=O)Cn1c(=O)c2cnc(-c3ccccc3)nc2n(C)c1=O. The fourth-order valence-electron chi connectivity index (χ4n) is 3.41. The minimum atomic E-state index is -0.667. The van der Waals surface area contributed by atoms with Gasteiger partial charge in [0.2, 0.25) is 5.91 Å². The van der Waals surface area contributed by atoms with Crippen LogP contribution in [-0.4, -0.2) is 32.1 Å². The molecular weight excluding hydrogens is 446 g/mol. The van der Waals surface area contributed by atoms with Crippen LogP contribution in [0.3, 0.4) is 0 Å². The molecule has 4 aromatic rings. The number of nitrogens with one attached hydrogen (secondary N) is 1. The second kappa shape index (κ2) is 8.87. The number of rotatable bonds is 5. The minimum absolute atomic E-state index is 0.129. The predicted octanol–water partition coefficient (Wildman–Crippen LogP) is 2.77. The number of hydrogen-bond donors (Lipinski definition) is 1. The second-order valence-corrected chi connectivity index (χ2v) is 7.79. The van der Waals surface area contributed by atoms with Gasteiger partial charge in [0, 0.05) is 29.9 Å². The molecule has 0 fully saturated rings. The van der Waals surface area contributed by atoms with Crippen molar-refractivity contribution in [1.29, 1.82) is 0 Å². The topological polar surface area (TPSA) is 108 Å². The van der Waals surface area contributed by atoms with Crippen LogP contribution in [0.25, 0.3) is 22.4 Å². The molecule has 0 aliphatic rings. The van der Waals surface area contributed by atoms with Gasteiger partial charge in [0.05, 0.1) is 12.8 Å². The van der Waals surface area contributed by atoms with E-state index in [2.05, 4.69) is 15.3 Å². The van der Waals surface area contributed by atoms with Crippen LogP contribution in [0.15, 0.2) is 58.3 Å². The average molecular weight is 466 g/mol. The smallest absolute Gasteiger partial charge is 0.332 e. The van der Waals surface area contributed by atoms with E-state index in [1.54, 1.807) is 19.1 Å². The molecule has 0 unspecified atom stereocenters. The normalized spacial score (nSPS) is 10.9. The Balaban J connectivity index is 1.70. The van der Waals surface area contributed by atoms with Crippen LogP contribution >= 0.6 is 11.6 Å². The summed E-state index contributed by atoms with van der Waals surface area (Å²) in [5.74, 6) is 0.174. The Labute approximate surface area is 193 Å². The molecule has 33 heavy (non-hydrogen) atoms. The molecule has 9 nitrogen and oxygen atoms in total. The summed E-state index contributed by atoms with van der Waals surface area (Å²) < 4.78 is 7.33. The molecule has 0 spiro atoms. The number of hydrogen-bond acceptors (Lipinski definition) is 6. The molecule has 0 bridgehead atoms. The standard InChI is InChI=1S/C23H20ClN5O4/c1-13-9-17(18(33-3)10-16(13)24)26-19(30)12-29-22(31)15-11-25-20(14-7-5-4-6-8-14)27-21(15)28(2)23(29)32/h4-11H,12H2,1-3H3,(H,26,30). The van der Waals surface area contributed by atoms with Crippen molar-refractivity contribution in [1.82, 2.24) is 19.1 Å². The quantitative estimate of drug-likeness (QED) is 0.485. The van der Waals surface area contributed by atoms with Gasteiger partial charge in [-0.05, 0) is 18.6 Å². The maximum Gasteiger partial charge on any atom is 0.332 e. The summed E-state index contributed by atoms with van der Waals surface area (Å²) in [6, 6.07) is 12.4. The molecule has 0 saturated carbocycles. The zero-order valence-electron chi connectivity index (χ0n) is 18.1. The molecule has 0 radical (unpaired) electrons. The van der Waals surface area contributed by atoms with E-state index in [-0.39, 0.29) is 11.0 Å². The number of aromatic nitrogens is 4. The molecule has 0 saturated heterocycles. The molecule has 168 valence electrons. The fourth-order valence-corrected chi connectivity index (χ4v) is 3.57. The van der Waals surface area contributed by atoms with Crippen LogP contribution in [-0.2, 0) is 18.4 Å². The number of methoxy groups -OCH3 is 1. The third-order valence-corrected chi connectivity index (χ3v) is 5.58. The van der Waals surface area contributed by atoms with Crippen LogP contribution in [0.5, 0.6) is 5.75 Å². The van der Waals surface area contributed by atoms with Crippen LogP contribution in [0.1, 0.15) is 5.56 Å². The average Bonchev–Trinajstić information content (AvgIpc) is 2.82. The molecule has 1 N–H and O–H groups in total. The first-order valence-electron chi connectivity index (χ1n) is 9.96. The number of carbonyl (C=O) groups is 1. The van der Waals surface area contributed by atoms with Crippen LogP contribution in [0.4, 0.5) is 5.69 Å². The summed E-state index contributed by atoms with van der Waals surface area (Å²) >= 11 is 6.10. The van der Waals surface area contributed by atoms with E-state index >= 15 is 0 Å². The van der Waals surface area contributed by atoms with E-state index in [0.29, 0.717) is 22.3 Å². The van der Waals surface area contributed by atoms with Gasteiger partial charge in [0.15, 0.2) is 11.5 Å². The third kappa shape index (κ3) is 4.22. The number of ether oxygens (including phenoxy) is 1. The number of amides is 1. The number of halogens is 1. The summed E-state index contributed by atoms with van der Waals surface area (Å²) in [6.07, 6.45) is 1.37. The van der Waals surface area contributed by atoms with E-state index < -0.39 is 23.7 Å². The largest absolute Gasteiger partial charge is 0.495 e. The summed E-state index contributed by atoms with van der Waals surface area (Å²) in [4.78, 5) is 47.3. The van der Waals surface area contributed by atoms with Gasteiger partial charge in [-0.1, -0.05) is 41.9 Å².